The molecule has 7 heteroatoms. The van der Waals surface area contributed by atoms with Gasteiger partial charge >= 0.3 is 0 Å². The summed E-state index contributed by atoms with van der Waals surface area (Å²) in [5, 5.41) is 10.2. The van der Waals surface area contributed by atoms with Crippen LogP contribution >= 0.6 is 27.3 Å². The Morgan fingerprint density at radius 1 is 1.03 bits per heavy atom. The van der Waals surface area contributed by atoms with Crippen molar-refractivity contribution in [3.63, 3.8) is 0 Å². The standard InChI is InChI=1S/C22H15BrN4OS/c23-14-9-7-13(8-10-14)21-18-19(15-4-1-2-5-16(15)28-21)26-22-24-12-25-27(22)20(18)17-6-3-11-29-17/h1-12,20-21H,(H,24,25,26)/t20-,21+/m0/s1. The Kier molecular flexibility index (Phi) is 3.85. The molecule has 0 radical (unpaired) electrons. The summed E-state index contributed by atoms with van der Waals surface area (Å²) in [6.07, 6.45) is 1.37. The average molecular weight is 463 g/mol. The zero-order valence-corrected chi connectivity index (χ0v) is 17.5. The first-order valence-electron chi connectivity index (χ1n) is 9.25. The lowest BCUT2D eigenvalue weighted by atomic mass is 9.87. The molecular formula is C22H15BrN4OS. The Balaban J connectivity index is 1.63. The van der Waals surface area contributed by atoms with Gasteiger partial charge in [-0.05, 0) is 41.3 Å². The Labute approximate surface area is 179 Å². The van der Waals surface area contributed by atoms with Crippen LogP contribution in [0, 0.1) is 0 Å². The number of para-hydroxylation sites is 1. The number of nitrogens with one attached hydrogen (secondary N) is 1. The molecule has 4 aromatic rings. The van der Waals surface area contributed by atoms with E-state index in [1.807, 2.05) is 22.9 Å². The molecule has 4 heterocycles. The number of thiophene rings is 1. The van der Waals surface area contributed by atoms with E-state index in [1.54, 1.807) is 17.7 Å². The van der Waals surface area contributed by atoms with Crippen molar-refractivity contribution in [3.05, 3.63) is 98.4 Å². The third kappa shape index (κ3) is 2.65. The molecule has 2 aromatic heterocycles. The lowest BCUT2D eigenvalue weighted by molar-refractivity contribution is 0.223. The number of rotatable bonds is 2. The molecule has 0 aliphatic carbocycles. The number of hydrogen-bond donors (Lipinski definition) is 1. The number of benzene rings is 2. The van der Waals surface area contributed by atoms with Gasteiger partial charge in [0.25, 0.3) is 0 Å². The van der Waals surface area contributed by atoms with E-state index in [4.69, 9.17) is 4.74 Å². The minimum Gasteiger partial charge on any atom is -0.480 e. The fraction of sp³-hybridized carbons (Fsp3) is 0.0909. The van der Waals surface area contributed by atoms with Crippen LogP contribution in [0.3, 0.4) is 0 Å². The average Bonchev–Trinajstić information content (AvgIpc) is 3.44. The van der Waals surface area contributed by atoms with Gasteiger partial charge in [0.05, 0.1) is 5.70 Å². The number of ether oxygens (including phenoxy) is 1. The molecule has 1 N–H and O–H groups in total. The van der Waals surface area contributed by atoms with E-state index in [1.165, 1.54) is 4.88 Å². The van der Waals surface area contributed by atoms with Crippen LogP contribution in [0.15, 0.2) is 82.4 Å². The Bertz CT molecular complexity index is 1230. The van der Waals surface area contributed by atoms with Crippen LogP contribution in [0.25, 0.3) is 5.70 Å². The lowest BCUT2D eigenvalue weighted by Gasteiger charge is -2.38. The van der Waals surface area contributed by atoms with Crippen molar-refractivity contribution in [1.29, 1.82) is 0 Å². The summed E-state index contributed by atoms with van der Waals surface area (Å²) in [5.74, 6) is 1.61. The zero-order chi connectivity index (χ0) is 19.4. The van der Waals surface area contributed by atoms with E-state index < -0.39 is 0 Å². The second kappa shape index (κ2) is 6.57. The smallest absolute Gasteiger partial charge is 0.226 e. The second-order valence-electron chi connectivity index (χ2n) is 6.95. The third-order valence-corrected chi connectivity index (χ3v) is 6.76. The van der Waals surface area contributed by atoms with Gasteiger partial charge in [-0.3, -0.25) is 0 Å². The highest BCUT2D eigenvalue weighted by Crippen LogP contribution is 2.51. The van der Waals surface area contributed by atoms with Crippen molar-refractivity contribution in [2.24, 2.45) is 0 Å². The SMILES string of the molecule is Brc1ccc([C@H]2Oc3ccccc3C3=C2[C@H](c2cccs2)n2ncnc2N3)cc1. The number of hydrogen-bond acceptors (Lipinski definition) is 5. The Hall–Kier alpha value is -2.90. The molecule has 0 saturated heterocycles. The van der Waals surface area contributed by atoms with Gasteiger partial charge in [-0.25, -0.2) is 4.68 Å². The molecule has 2 aliphatic heterocycles. The maximum atomic E-state index is 6.58. The molecule has 2 atom stereocenters. The monoisotopic (exact) mass is 462 g/mol. The molecule has 0 saturated carbocycles. The number of halogens is 1. The largest absolute Gasteiger partial charge is 0.480 e. The van der Waals surface area contributed by atoms with Crippen molar-refractivity contribution in [1.82, 2.24) is 14.8 Å². The topological polar surface area (TPSA) is 52.0 Å². The first-order valence-corrected chi connectivity index (χ1v) is 10.9. The fourth-order valence-corrected chi connectivity index (χ4v) is 5.14. The minimum absolute atomic E-state index is 0.0780. The molecule has 0 unspecified atom stereocenters. The molecule has 5 nitrogen and oxygen atoms in total. The van der Waals surface area contributed by atoms with Gasteiger partial charge in [-0.1, -0.05) is 46.3 Å². The zero-order valence-electron chi connectivity index (χ0n) is 15.1. The normalized spacial score (nSPS) is 19.6. The van der Waals surface area contributed by atoms with E-state index in [9.17, 15) is 0 Å². The summed E-state index contributed by atoms with van der Waals surface area (Å²) >= 11 is 5.26. The van der Waals surface area contributed by atoms with Gasteiger partial charge < -0.3 is 10.1 Å². The highest BCUT2D eigenvalue weighted by atomic mass is 79.9. The van der Waals surface area contributed by atoms with E-state index in [0.717, 1.165) is 38.6 Å². The van der Waals surface area contributed by atoms with Gasteiger partial charge in [0, 0.05) is 20.5 Å². The van der Waals surface area contributed by atoms with Gasteiger partial charge in [0.2, 0.25) is 5.95 Å². The van der Waals surface area contributed by atoms with Crippen LogP contribution in [0.5, 0.6) is 5.75 Å². The summed E-state index contributed by atoms with van der Waals surface area (Å²) < 4.78 is 9.57. The van der Waals surface area contributed by atoms with Crippen molar-refractivity contribution in [2.75, 3.05) is 5.32 Å². The Morgan fingerprint density at radius 3 is 2.72 bits per heavy atom. The van der Waals surface area contributed by atoms with Crippen LogP contribution in [-0.4, -0.2) is 14.8 Å². The molecule has 142 valence electrons. The summed E-state index contributed by atoms with van der Waals surface area (Å²) in [4.78, 5) is 5.66. The molecule has 0 spiro atoms. The molecule has 2 aromatic carbocycles. The van der Waals surface area contributed by atoms with Gasteiger partial charge in [-0.15, -0.1) is 11.3 Å². The van der Waals surface area contributed by atoms with E-state index >= 15 is 0 Å². The molecule has 0 fully saturated rings. The predicted octanol–water partition coefficient (Wildman–Crippen LogP) is 5.66. The Morgan fingerprint density at radius 2 is 1.90 bits per heavy atom. The second-order valence-corrected chi connectivity index (χ2v) is 8.84. The summed E-state index contributed by atoms with van der Waals surface area (Å²) in [6.45, 7) is 0. The predicted molar refractivity (Wildman–Crippen MR) is 117 cm³/mol. The summed E-state index contributed by atoms with van der Waals surface area (Å²) in [6, 6.07) is 20.6. The van der Waals surface area contributed by atoms with Crippen LogP contribution in [0.1, 0.15) is 28.1 Å². The molecule has 2 aliphatic rings. The molecule has 0 amide bonds. The minimum atomic E-state index is -0.232. The van der Waals surface area contributed by atoms with Crippen molar-refractivity contribution in [3.8, 4) is 5.75 Å². The maximum absolute atomic E-state index is 6.58. The molecule has 0 bridgehead atoms. The summed E-state index contributed by atoms with van der Waals surface area (Å²) in [5.41, 5.74) is 4.35. The van der Waals surface area contributed by atoms with Crippen LogP contribution < -0.4 is 10.1 Å². The van der Waals surface area contributed by atoms with Crippen molar-refractivity contribution >= 4 is 38.9 Å². The summed E-state index contributed by atoms with van der Waals surface area (Å²) in [7, 11) is 0. The van der Waals surface area contributed by atoms with Crippen LogP contribution in [-0.2, 0) is 0 Å². The molecular weight excluding hydrogens is 448 g/mol. The number of aromatic nitrogens is 3. The third-order valence-electron chi connectivity index (χ3n) is 5.31. The van der Waals surface area contributed by atoms with Crippen molar-refractivity contribution in [2.45, 2.75) is 12.1 Å². The quantitative estimate of drug-likeness (QED) is 0.417. The van der Waals surface area contributed by atoms with E-state index in [0.29, 0.717) is 0 Å². The van der Waals surface area contributed by atoms with Crippen LogP contribution in [0.4, 0.5) is 5.95 Å². The highest BCUT2D eigenvalue weighted by molar-refractivity contribution is 9.10. The highest BCUT2D eigenvalue weighted by Gasteiger charge is 2.41. The number of anilines is 1. The first kappa shape index (κ1) is 17.0. The molecule has 29 heavy (non-hydrogen) atoms. The first-order chi connectivity index (χ1) is 14.3. The maximum Gasteiger partial charge on any atom is 0.226 e. The number of fused-ring (bicyclic) bond motifs is 3. The van der Waals surface area contributed by atoms with Gasteiger partial charge in [0.15, 0.2) is 0 Å². The van der Waals surface area contributed by atoms with Gasteiger partial charge in [0.1, 0.15) is 24.2 Å². The van der Waals surface area contributed by atoms with E-state index in [2.05, 4.69) is 79.2 Å². The van der Waals surface area contributed by atoms with Gasteiger partial charge in [-0.2, -0.15) is 10.1 Å². The van der Waals surface area contributed by atoms with E-state index in [-0.39, 0.29) is 12.1 Å². The molecule has 6 rings (SSSR count). The lowest BCUT2D eigenvalue weighted by Crippen LogP contribution is -2.32. The number of nitrogens with zero attached hydrogens (tertiary/aromatic N) is 3. The van der Waals surface area contributed by atoms with Crippen molar-refractivity contribution < 1.29 is 4.74 Å². The van der Waals surface area contributed by atoms with Crippen LogP contribution in [0.2, 0.25) is 0 Å². The fourth-order valence-electron chi connectivity index (χ4n) is 4.05.